The molecular formula is C27H32N4O6S. The van der Waals surface area contributed by atoms with Crippen molar-refractivity contribution < 1.29 is 27.2 Å². The Kier molecular flexibility index (Phi) is 8.17. The Bertz CT molecular complexity index is 1370. The third kappa shape index (κ3) is 6.40. The lowest BCUT2D eigenvalue weighted by molar-refractivity contribution is -0.137. The minimum Gasteiger partial charge on any atom is -0.496 e. The van der Waals surface area contributed by atoms with Crippen molar-refractivity contribution in [2.75, 3.05) is 25.5 Å². The van der Waals surface area contributed by atoms with Gasteiger partial charge in [0.15, 0.2) is 12.2 Å². The lowest BCUT2D eigenvalue weighted by atomic mass is 9.85. The number of nitrogens with zero attached hydrogens (tertiary/aromatic N) is 2. The molecule has 0 spiro atoms. The summed E-state index contributed by atoms with van der Waals surface area (Å²) >= 11 is 0. The molecule has 1 saturated heterocycles. The predicted octanol–water partition coefficient (Wildman–Crippen LogP) is 3.67. The molecule has 0 radical (unpaired) electrons. The second kappa shape index (κ2) is 11.4. The largest absolute Gasteiger partial charge is 0.496 e. The van der Waals surface area contributed by atoms with E-state index in [1.807, 2.05) is 13.8 Å². The van der Waals surface area contributed by atoms with Gasteiger partial charge in [-0.05, 0) is 63.3 Å². The van der Waals surface area contributed by atoms with E-state index in [-0.39, 0.29) is 5.92 Å². The molecular weight excluding hydrogens is 508 g/mol. The van der Waals surface area contributed by atoms with Crippen LogP contribution < -0.4 is 15.4 Å². The SMILES string of the molecule is COc1cc(NC(=O)C(=O)NC(C)(C)CC2CCN(S(=O)(=O)c3ccccc3)CC2)ccc1-c1cnco1. The van der Waals surface area contributed by atoms with Gasteiger partial charge < -0.3 is 19.8 Å². The van der Waals surface area contributed by atoms with Crippen molar-refractivity contribution in [3.05, 3.63) is 61.1 Å². The molecule has 2 aromatic carbocycles. The van der Waals surface area contributed by atoms with E-state index >= 15 is 0 Å². The summed E-state index contributed by atoms with van der Waals surface area (Å²) in [5.74, 6) is -0.360. The molecule has 2 amide bonds. The van der Waals surface area contributed by atoms with E-state index in [9.17, 15) is 18.0 Å². The van der Waals surface area contributed by atoms with Gasteiger partial charge >= 0.3 is 11.8 Å². The normalized spacial score (nSPS) is 15.1. The first-order chi connectivity index (χ1) is 18.1. The van der Waals surface area contributed by atoms with Crippen LogP contribution in [0, 0.1) is 5.92 Å². The Labute approximate surface area is 222 Å². The van der Waals surface area contributed by atoms with Gasteiger partial charge in [-0.2, -0.15) is 4.31 Å². The summed E-state index contributed by atoms with van der Waals surface area (Å²) in [6.45, 7) is 4.55. The molecule has 2 N–H and O–H groups in total. The number of aromatic nitrogens is 1. The molecule has 0 bridgehead atoms. The van der Waals surface area contributed by atoms with E-state index < -0.39 is 27.4 Å². The van der Waals surface area contributed by atoms with Gasteiger partial charge in [-0.15, -0.1) is 0 Å². The van der Waals surface area contributed by atoms with Crippen LogP contribution in [0.25, 0.3) is 11.3 Å². The molecule has 0 aliphatic carbocycles. The Balaban J connectivity index is 1.30. The fourth-order valence-corrected chi connectivity index (χ4v) is 6.23. The molecule has 0 saturated carbocycles. The van der Waals surface area contributed by atoms with Gasteiger partial charge in [0.1, 0.15) is 5.75 Å². The van der Waals surface area contributed by atoms with E-state index in [4.69, 9.17) is 9.15 Å². The lowest BCUT2D eigenvalue weighted by Crippen LogP contribution is -2.50. The first-order valence-corrected chi connectivity index (χ1v) is 13.8. The molecule has 2 heterocycles. The first-order valence-electron chi connectivity index (χ1n) is 12.3. The average Bonchev–Trinajstić information content (AvgIpc) is 3.43. The quantitative estimate of drug-likeness (QED) is 0.417. The Morgan fingerprint density at radius 3 is 2.45 bits per heavy atom. The van der Waals surface area contributed by atoms with Gasteiger partial charge in [-0.3, -0.25) is 9.59 Å². The molecule has 1 aliphatic heterocycles. The number of oxazole rings is 1. The number of hydrogen-bond acceptors (Lipinski definition) is 7. The van der Waals surface area contributed by atoms with Gasteiger partial charge in [-0.25, -0.2) is 13.4 Å². The first kappa shape index (κ1) is 27.3. The van der Waals surface area contributed by atoms with Gasteiger partial charge in [0, 0.05) is 30.4 Å². The molecule has 38 heavy (non-hydrogen) atoms. The van der Waals surface area contributed by atoms with Crippen LogP contribution in [0.5, 0.6) is 5.75 Å². The van der Waals surface area contributed by atoms with Crippen molar-refractivity contribution in [2.24, 2.45) is 5.92 Å². The number of benzene rings is 2. The van der Waals surface area contributed by atoms with Crippen molar-refractivity contribution in [1.29, 1.82) is 0 Å². The maximum Gasteiger partial charge on any atom is 0.313 e. The van der Waals surface area contributed by atoms with Crippen LogP contribution >= 0.6 is 0 Å². The topological polar surface area (TPSA) is 131 Å². The van der Waals surface area contributed by atoms with Crippen molar-refractivity contribution in [1.82, 2.24) is 14.6 Å². The maximum absolute atomic E-state index is 12.9. The number of amides is 2. The van der Waals surface area contributed by atoms with E-state index in [0.29, 0.717) is 60.0 Å². The van der Waals surface area contributed by atoms with Crippen LogP contribution in [0.15, 0.2) is 70.4 Å². The Morgan fingerprint density at radius 2 is 1.82 bits per heavy atom. The van der Waals surface area contributed by atoms with Crippen LogP contribution in [-0.4, -0.2) is 55.3 Å². The van der Waals surface area contributed by atoms with E-state index in [1.165, 1.54) is 17.8 Å². The average molecular weight is 541 g/mol. The molecule has 202 valence electrons. The standard InChI is InChI=1S/C27H32N4O6S/c1-27(2,16-19-11-13-31(14-12-19)38(34,35)21-7-5-4-6-8-21)30-26(33)25(32)29-20-9-10-22(23(15-20)36-3)24-17-28-18-37-24/h4-10,15,17-19H,11-14,16H2,1-3H3,(H,29,32)(H,30,33). The highest BCUT2D eigenvalue weighted by atomic mass is 32.2. The number of rotatable bonds is 8. The number of carbonyl (C=O) groups excluding carboxylic acids is 2. The highest BCUT2D eigenvalue weighted by molar-refractivity contribution is 7.89. The van der Waals surface area contributed by atoms with Crippen molar-refractivity contribution in [3.63, 3.8) is 0 Å². The van der Waals surface area contributed by atoms with Crippen molar-refractivity contribution in [3.8, 4) is 17.1 Å². The number of carbonyl (C=O) groups is 2. The lowest BCUT2D eigenvalue weighted by Gasteiger charge is -2.36. The number of ether oxygens (including phenoxy) is 1. The third-order valence-corrected chi connectivity index (χ3v) is 8.48. The number of anilines is 1. The number of methoxy groups -OCH3 is 1. The minimum atomic E-state index is -3.52. The summed E-state index contributed by atoms with van der Waals surface area (Å²) in [7, 11) is -2.02. The van der Waals surface area contributed by atoms with E-state index in [2.05, 4.69) is 15.6 Å². The zero-order valence-electron chi connectivity index (χ0n) is 21.6. The molecule has 1 fully saturated rings. The zero-order valence-corrected chi connectivity index (χ0v) is 22.5. The number of nitrogens with one attached hydrogen (secondary N) is 2. The second-order valence-corrected chi connectivity index (χ2v) is 11.9. The fraction of sp³-hybridized carbons (Fsp3) is 0.370. The monoisotopic (exact) mass is 540 g/mol. The van der Waals surface area contributed by atoms with Gasteiger partial charge in [0.25, 0.3) is 0 Å². The molecule has 11 heteroatoms. The summed E-state index contributed by atoms with van der Waals surface area (Å²) in [6.07, 6.45) is 4.83. The highest BCUT2D eigenvalue weighted by Gasteiger charge is 2.33. The summed E-state index contributed by atoms with van der Waals surface area (Å²) in [5.41, 5.74) is 0.402. The maximum atomic E-state index is 12.9. The molecule has 1 aliphatic rings. The predicted molar refractivity (Wildman–Crippen MR) is 142 cm³/mol. The van der Waals surface area contributed by atoms with Crippen LogP contribution in [-0.2, 0) is 19.6 Å². The van der Waals surface area contributed by atoms with E-state index in [1.54, 1.807) is 54.7 Å². The van der Waals surface area contributed by atoms with Crippen molar-refractivity contribution in [2.45, 2.75) is 43.5 Å². The van der Waals surface area contributed by atoms with Crippen molar-refractivity contribution >= 4 is 27.5 Å². The van der Waals surface area contributed by atoms with Gasteiger partial charge in [0.05, 0.1) is 23.8 Å². The van der Waals surface area contributed by atoms with Crippen LogP contribution in [0.4, 0.5) is 5.69 Å². The van der Waals surface area contributed by atoms with E-state index in [0.717, 1.165) is 0 Å². The number of piperidine rings is 1. The number of sulfonamides is 1. The summed E-state index contributed by atoms with van der Waals surface area (Å²) in [5, 5.41) is 5.42. The third-order valence-electron chi connectivity index (χ3n) is 6.57. The number of hydrogen-bond donors (Lipinski definition) is 2. The van der Waals surface area contributed by atoms with Gasteiger partial charge in [0.2, 0.25) is 10.0 Å². The van der Waals surface area contributed by atoms with Crippen LogP contribution in [0.1, 0.15) is 33.1 Å². The summed E-state index contributed by atoms with van der Waals surface area (Å²) in [4.78, 5) is 29.5. The van der Waals surface area contributed by atoms with Gasteiger partial charge in [-0.1, -0.05) is 18.2 Å². The summed E-state index contributed by atoms with van der Waals surface area (Å²) in [6, 6.07) is 13.4. The minimum absolute atomic E-state index is 0.212. The molecule has 10 nitrogen and oxygen atoms in total. The highest BCUT2D eigenvalue weighted by Crippen LogP contribution is 2.32. The molecule has 0 unspecified atom stereocenters. The van der Waals surface area contributed by atoms with Crippen LogP contribution in [0.2, 0.25) is 0 Å². The zero-order chi connectivity index (χ0) is 27.3. The molecule has 1 aromatic heterocycles. The molecule has 0 atom stereocenters. The Morgan fingerprint density at radius 1 is 1.11 bits per heavy atom. The van der Waals surface area contributed by atoms with Crippen LogP contribution in [0.3, 0.4) is 0 Å². The Hall–Kier alpha value is -3.70. The summed E-state index contributed by atoms with van der Waals surface area (Å²) < 4.78 is 38.0. The molecule has 4 rings (SSSR count). The second-order valence-electron chi connectivity index (χ2n) is 9.94. The molecule has 3 aromatic rings. The fourth-order valence-electron chi connectivity index (χ4n) is 4.74. The smallest absolute Gasteiger partial charge is 0.313 e.